The molecule has 12 nitrogen and oxygen atoms in total. The number of hydrogen-bond donors (Lipinski definition) is 1. The van der Waals surface area contributed by atoms with Gasteiger partial charge in [0.05, 0.1) is 31.5 Å². The summed E-state index contributed by atoms with van der Waals surface area (Å²) in [6, 6.07) is 8.62. The van der Waals surface area contributed by atoms with E-state index in [9.17, 15) is 14.0 Å². The van der Waals surface area contributed by atoms with E-state index in [1.165, 1.54) is 25.4 Å². The molecule has 0 radical (unpaired) electrons. The van der Waals surface area contributed by atoms with Crippen molar-refractivity contribution in [2.45, 2.75) is 38.3 Å². The Labute approximate surface area is 302 Å². The summed E-state index contributed by atoms with van der Waals surface area (Å²) in [6.45, 7) is 2.69. The molecule has 2 aliphatic heterocycles. The van der Waals surface area contributed by atoms with Crippen LogP contribution in [0.3, 0.4) is 0 Å². The topological polar surface area (TPSA) is 122 Å². The maximum absolute atomic E-state index is 16.7. The third kappa shape index (κ3) is 6.90. The van der Waals surface area contributed by atoms with Crippen molar-refractivity contribution in [2.24, 2.45) is 0 Å². The molecule has 53 heavy (non-hydrogen) atoms. The zero-order valence-corrected chi connectivity index (χ0v) is 29.0. The maximum atomic E-state index is 16.7. The molecule has 1 saturated heterocycles. The number of fused-ring (bicyclic) bond motifs is 1. The van der Waals surface area contributed by atoms with Gasteiger partial charge in [0.25, 0.3) is 5.91 Å². The van der Waals surface area contributed by atoms with Crippen molar-refractivity contribution in [2.75, 3.05) is 51.3 Å². The molecule has 1 N–H and O–H groups in total. The molecule has 8 rings (SSSR count). The van der Waals surface area contributed by atoms with Gasteiger partial charge in [-0.05, 0) is 60.7 Å². The van der Waals surface area contributed by atoms with Gasteiger partial charge in [-0.25, -0.2) is 18.2 Å². The number of aryl methyl sites for hydroxylation is 1. The average molecular weight is 727 g/mol. The van der Waals surface area contributed by atoms with E-state index in [1.54, 1.807) is 26.9 Å². The number of pyridine rings is 1. The van der Waals surface area contributed by atoms with Crippen LogP contribution in [0.25, 0.3) is 27.6 Å². The molecule has 1 saturated carbocycles. The Balaban J connectivity index is 1.10. The van der Waals surface area contributed by atoms with Crippen LogP contribution in [-0.4, -0.2) is 99.1 Å². The highest BCUT2D eigenvalue weighted by Crippen LogP contribution is 2.42. The molecular weight excluding hydrogens is 689 g/mol. The number of methoxy groups -OCH3 is 1. The Bertz CT molecular complexity index is 2210. The van der Waals surface area contributed by atoms with Crippen molar-refractivity contribution in [3.05, 3.63) is 89.8 Å². The summed E-state index contributed by atoms with van der Waals surface area (Å²) in [5.41, 5.74) is 1.11. The van der Waals surface area contributed by atoms with Crippen molar-refractivity contribution in [1.29, 1.82) is 0 Å². The van der Waals surface area contributed by atoms with Gasteiger partial charge in [-0.2, -0.15) is 0 Å². The van der Waals surface area contributed by atoms with Crippen LogP contribution in [0.15, 0.2) is 61.1 Å². The summed E-state index contributed by atoms with van der Waals surface area (Å²) in [4.78, 5) is 40.1. The number of piperazine rings is 1. The predicted molar refractivity (Wildman–Crippen MR) is 190 cm³/mol. The molecule has 0 bridgehead atoms. The molecule has 3 aromatic heterocycles. The fraction of sp³-hybridized carbons (Fsp3) is 0.342. The standard InChI is InChI=1S/C38H37F3N8O4/c1-52-36-29(18-24(39)19-30(36)40)27-20-26(23-4-3-11-48(22-23)33(50)8-12-49-13-10-43-45-49)34(41)35-28(27)21-31(44-35)38(51)47-16-14-46(15-17-47)37-32(5-2-9-42-37)53-25-6-7-25/h2,4-5,9-10,13,18-21,25,44H,3,6-8,11-12,14-17,22H2,1H3. The van der Waals surface area contributed by atoms with E-state index in [4.69, 9.17) is 9.47 Å². The van der Waals surface area contributed by atoms with Crippen LogP contribution in [0, 0.1) is 17.5 Å². The highest BCUT2D eigenvalue weighted by Gasteiger charge is 2.31. The summed E-state index contributed by atoms with van der Waals surface area (Å²) in [6.07, 6.45) is 9.69. The van der Waals surface area contributed by atoms with Crippen molar-refractivity contribution >= 4 is 34.1 Å². The van der Waals surface area contributed by atoms with Gasteiger partial charge >= 0.3 is 0 Å². The number of nitrogens with zero attached hydrogens (tertiary/aromatic N) is 7. The number of benzene rings is 2. The van der Waals surface area contributed by atoms with Gasteiger partial charge in [0.1, 0.15) is 11.5 Å². The van der Waals surface area contributed by atoms with Crippen LogP contribution in [-0.2, 0) is 11.3 Å². The number of carbonyl (C=O) groups excluding carboxylic acids is 2. The Hall–Kier alpha value is -5.86. The summed E-state index contributed by atoms with van der Waals surface area (Å²) < 4.78 is 59.6. The Morgan fingerprint density at radius 2 is 1.79 bits per heavy atom. The third-order valence-corrected chi connectivity index (χ3v) is 9.90. The van der Waals surface area contributed by atoms with E-state index in [2.05, 4.69) is 25.2 Å². The Morgan fingerprint density at radius 3 is 2.55 bits per heavy atom. The smallest absolute Gasteiger partial charge is 0.270 e. The minimum Gasteiger partial charge on any atom is -0.493 e. The van der Waals surface area contributed by atoms with Crippen molar-refractivity contribution in [3.63, 3.8) is 0 Å². The van der Waals surface area contributed by atoms with E-state index in [-0.39, 0.29) is 69.9 Å². The second-order valence-corrected chi connectivity index (χ2v) is 13.4. The zero-order valence-electron chi connectivity index (χ0n) is 29.0. The molecule has 15 heteroatoms. The lowest BCUT2D eigenvalue weighted by Gasteiger charge is -2.35. The lowest BCUT2D eigenvalue weighted by molar-refractivity contribution is -0.131. The summed E-state index contributed by atoms with van der Waals surface area (Å²) >= 11 is 0. The Morgan fingerprint density at radius 1 is 0.962 bits per heavy atom. The van der Waals surface area contributed by atoms with Crippen LogP contribution in [0.5, 0.6) is 11.5 Å². The second-order valence-electron chi connectivity index (χ2n) is 13.4. The SMILES string of the molecule is COc1c(F)cc(F)cc1-c1cc(C2=CCCN(C(=O)CCn3ccnn3)C2)c(F)c2[nH]c(C(=O)N3CCN(c4ncccc4OC4CC4)CC3)cc12. The molecule has 0 spiro atoms. The van der Waals surface area contributed by atoms with E-state index >= 15 is 8.78 Å². The van der Waals surface area contributed by atoms with E-state index < -0.39 is 17.5 Å². The summed E-state index contributed by atoms with van der Waals surface area (Å²) in [7, 11) is 1.27. The van der Waals surface area contributed by atoms with Crippen LogP contribution in [0.4, 0.5) is 19.0 Å². The van der Waals surface area contributed by atoms with Gasteiger partial charge in [0.2, 0.25) is 5.91 Å². The van der Waals surface area contributed by atoms with Crippen molar-refractivity contribution in [3.8, 4) is 22.6 Å². The molecule has 2 aromatic carbocycles. The zero-order chi connectivity index (χ0) is 36.6. The number of halogens is 3. The fourth-order valence-corrected chi connectivity index (χ4v) is 7.04. The molecule has 3 aliphatic rings. The predicted octanol–water partition coefficient (Wildman–Crippen LogP) is 5.46. The van der Waals surface area contributed by atoms with Gasteiger partial charge in [0, 0.05) is 80.7 Å². The highest BCUT2D eigenvalue weighted by atomic mass is 19.1. The molecule has 5 heterocycles. The lowest BCUT2D eigenvalue weighted by atomic mass is 9.92. The summed E-state index contributed by atoms with van der Waals surface area (Å²) in [5, 5.41) is 7.93. The molecule has 2 fully saturated rings. The number of amides is 2. The molecule has 0 atom stereocenters. The first-order valence-corrected chi connectivity index (χ1v) is 17.6. The number of rotatable bonds is 10. The normalized spacial score (nSPS) is 16.2. The summed E-state index contributed by atoms with van der Waals surface area (Å²) in [5.74, 6) is -1.66. The molecular formula is C38H37F3N8O4. The monoisotopic (exact) mass is 726 g/mol. The number of hydrogen-bond acceptors (Lipinski definition) is 8. The van der Waals surface area contributed by atoms with Gasteiger partial charge in [-0.1, -0.05) is 11.3 Å². The minimum atomic E-state index is -0.925. The number of ether oxygens (including phenoxy) is 2. The fourth-order valence-electron chi connectivity index (χ4n) is 7.04. The van der Waals surface area contributed by atoms with Crippen molar-refractivity contribution in [1.82, 2.24) is 34.8 Å². The van der Waals surface area contributed by atoms with Gasteiger partial charge < -0.3 is 29.2 Å². The van der Waals surface area contributed by atoms with Crippen LogP contribution in [0.1, 0.15) is 41.7 Å². The minimum absolute atomic E-state index is 0.00269. The van der Waals surface area contributed by atoms with Crippen molar-refractivity contribution < 1.29 is 32.2 Å². The van der Waals surface area contributed by atoms with E-state index in [1.807, 2.05) is 18.2 Å². The first-order valence-electron chi connectivity index (χ1n) is 17.6. The third-order valence-electron chi connectivity index (χ3n) is 9.90. The number of H-pyrrole nitrogens is 1. The highest BCUT2D eigenvalue weighted by molar-refractivity contribution is 6.05. The van der Waals surface area contributed by atoms with Gasteiger partial charge in [0.15, 0.2) is 29.0 Å². The number of nitrogens with one attached hydrogen (secondary N) is 1. The Kier molecular flexibility index (Phi) is 9.22. The second kappa shape index (κ2) is 14.3. The van der Waals surface area contributed by atoms with Crippen LogP contribution >= 0.6 is 0 Å². The largest absolute Gasteiger partial charge is 0.493 e. The first-order chi connectivity index (χ1) is 25.8. The number of carbonyl (C=O) groups is 2. The number of anilines is 1. The van der Waals surface area contributed by atoms with Crippen LogP contribution < -0.4 is 14.4 Å². The number of aromatic nitrogens is 5. The molecule has 2 amide bonds. The van der Waals surface area contributed by atoms with Gasteiger partial charge in [-0.15, -0.1) is 5.10 Å². The van der Waals surface area contributed by atoms with Gasteiger partial charge in [-0.3, -0.25) is 14.3 Å². The average Bonchev–Trinajstić information content (AvgIpc) is 3.61. The molecule has 5 aromatic rings. The van der Waals surface area contributed by atoms with E-state index in [0.29, 0.717) is 57.3 Å². The molecule has 0 unspecified atom stereocenters. The van der Waals surface area contributed by atoms with E-state index in [0.717, 1.165) is 30.5 Å². The first kappa shape index (κ1) is 34.2. The molecule has 1 aliphatic carbocycles. The quantitative estimate of drug-likeness (QED) is 0.202. The molecule has 274 valence electrons. The van der Waals surface area contributed by atoms with Crippen LogP contribution in [0.2, 0.25) is 0 Å². The maximum Gasteiger partial charge on any atom is 0.270 e. The lowest BCUT2D eigenvalue weighted by Crippen LogP contribution is -2.49. The number of aromatic amines is 1.